The summed E-state index contributed by atoms with van der Waals surface area (Å²) in [6, 6.07) is 0.282. The summed E-state index contributed by atoms with van der Waals surface area (Å²) in [5, 5.41) is 3.29. The van der Waals surface area contributed by atoms with Crippen molar-refractivity contribution in [1.82, 2.24) is 5.32 Å². The largest absolute Gasteiger partial charge is 0.368 e. The Kier molecular flexibility index (Phi) is 3.93. The summed E-state index contributed by atoms with van der Waals surface area (Å²) in [5.74, 6) is 1.31. The smallest absolute Gasteiger partial charge is 0.234 e. The Morgan fingerprint density at radius 2 is 2.00 bits per heavy atom. The van der Waals surface area contributed by atoms with E-state index in [9.17, 15) is 4.79 Å². The second-order valence-electron chi connectivity index (χ2n) is 4.76. The highest BCUT2D eigenvalue weighted by atomic mass is 16.1. The van der Waals surface area contributed by atoms with E-state index < -0.39 is 0 Å². The molecule has 14 heavy (non-hydrogen) atoms. The van der Waals surface area contributed by atoms with Crippen molar-refractivity contribution in [2.45, 2.75) is 52.1 Å². The van der Waals surface area contributed by atoms with E-state index in [4.69, 9.17) is 5.73 Å². The summed E-state index contributed by atoms with van der Waals surface area (Å²) in [4.78, 5) is 10.9. The SMILES string of the molecule is CC(NC1CCC(C)C(C)C1)C(N)=O. The fourth-order valence-corrected chi connectivity index (χ4v) is 2.13. The zero-order chi connectivity index (χ0) is 10.7. The summed E-state index contributed by atoms with van der Waals surface area (Å²) < 4.78 is 0. The second-order valence-corrected chi connectivity index (χ2v) is 4.76. The van der Waals surface area contributed by atoms with E-state index in [2.05, 4.69) is 19.2 Å². The summed E-state index contributed by atoms with van der Waals surface area (Å²) in [6.07, 6.45) is 3.59. The van der Waals surface area contributed by atoms with Crippen molar-refractivity contribution in [2.24, 2.45) is 17.6 Å². The van der Waals surface area contributed by atoms with E-state index >= 15 is 0 Å². The van der Waals surface area contributed by atoms with Crippen LogP contribution in [0.3, 0.4) is 0 Å². The molecule has 1 saturated carbocycles. The van der Waals surface area contributed by atoms with Gasteiger partial charge in [0, 0.05) is 6.04 Å². The number of nitrogens with two attached hydrogens (primary N) is 1. The Balaban J connectivity index is 2.36. The van der Waals surface area contributed by atoms with Gasteiger partial charge in [-0.3, -0.25) is 4.79 Å². The molecule has 0 radical (unpaired) electrons. The summed E-state index contributed by atoms with van der Waals surface area (Å²) in [5.41, 5.74) is 5.21. The lowest BCUT2D eigenvalue weighted by atomic mass is 9.79. The molecular formula is C11H22N2O. The van der Waals surface area contributed by atoms with Gasteiger partial charge in [-0.1, -0.05) is 13.8 Å². The molecule has 82 valence electrons. The fraction of sp³-hybridized carbons (Fsp3) is 0.909. The van der Waals surface area contributed by atoms with Crippen LogP contribution >= 0.6 is 0 Å². The first-order valence-corrected chi connectivity index (χ1v) is 5.56. The van der Waals surface area contributed by atoms with E-state index in [0.29, 0.717) is 6.04 Å². The molecule has 0 aromatic rings. The van der Waals surface area contributed by atoms with Gasteiger partial charge in [-0.05, 0) is 38.0 Å². The van der Waals surface area contributed by atoms with Crippen LogP contribution in [0.5, 0.6) is 0 Å². The first-order valence-electron chi connectivity index (χ1n) is 5.56. The molecule has 0 aromatic carbocycles. The number of rotatable bonds is 3. The van der Waals surface area contributed by atoms with Gasteiger partial charge >= 0.3 is 0 Å². The molecule has 1 aliphatic rings. The molecule has 0 saturated heterocycles. The van der Waals surface area contributed by atoms with Crippen LogP contribution in [0.15, 0.2) is 0 Å². The summed E-state index contributed by atoms with van der Waals surface area (Å²) in [6.45, 7) is 6.43. The highest BCUT2D eigenvalue weighted by molar-refractivity contribution is 5.79. The Morgan fingerprint density at radius 1 is 1.36 bits per heavy atom. The van der Waals surface area contributed by atoms with Gasteiger partial charge in [-0.25, -0.2) is 0 Å². The third-order valence-electron chi connectivity index (χ3n) is 3.51. The highest BCUT2D eigenvalue weighted by Crippen LogP contribution is 2.29. The molecule has 3 nitrogen and oxygen atoms in total. The van der Waals surface area contributed by atoms with Crippen molar-refractivity contribution < 1.29 is 4.79 Å². The molecule has 1 fully saturated rings. The molecule has 3 heteroatoms. The molecule has 1 rings (SSSR count). The number of carbonyl (C=O) groups is 1. The number of carbonyl (C=O) groups excluding carboxylic acids is 1. The topological polar surface area (TPSA) is 55.1 Å². The van der Waals surface area contributed by atoms with Crippen LogP contribution < -0.4 is 11.1 Å². The molecule has 3 N–H and O–H groups in total. The van der Waals surface area contributed by atoms with Gasteiger partial charge in [0.2, 0.25) is 5.91 Å². The van der Waals surface area contributed by atoms with Crippen molar-refractivity contribution in [3.8, 4) is 0 Å². The molecule has 0 heterocycles. The first kappa shape index (κ1) is 11.5. The predicted octanol–water partition coefficient (Wildman–Crippen LogP) is 1.27. The molecule has 1 amide bonds. The summed E-state index contributed by atoms with van der Waals surface area (Å²) >= 11 is 0. The monoisotopic (exact) mass is 198 g/mol. The quantitative estimate of drug-likeness (QED) is 0.717. The molecule has 4 atom stereocenters. The lowest BCUT2D eigenvalue weighted by molar-refractivity contribution is -0.119. The van der Waals surface area contributed by atoms with Crippen LogP contribution in [0.25, 0.3) is 0 Å². The minimum atomic E-state index is -0.253. The van der Waals surface area contributed by atoms with Gasteiger partial charge in [0.1, 0.15) is 0 Å². The molecule has 1 aliphatic carbocycles. The zero-order valence-electron chi connectivity index (χ0n) is 9.42. The van der Waals surface area contributed by atoms with Crippen LogP contribution in [0, 0.1) is 11.8 Å². The highest BCUT2D eigenvalue weighted by Gasteiger charge is 2.25. The Hall–Kier alpha value is -0.570. The standard InChI is InChI=1S/C11H22N2O/c1-7-4-5-10(6-8(7)2)13-9(3)11(12)14/h7-10,13H,4-6H2,1-3H3,(H2,12,14). The lowest BCUT2D eigenvalue weighted by Gasteiger charge is -2.33. The van der Waals surface area contributed by atoms with Crippen LogP contribution in [-0.4, -0.2) is 18.0 Å². The normalized spacial score (nSPS) is 35.2. The van der Waals surface area contributed by atoms with Crippen molar-refractivity contribution in [1.29, 1.82) is 0 Å². The Morgan fingerprint density at radius 3 is 2.50 bits per heavy atom. The molecule has 0 aromatic heterocycles. The minimum absolute atomic E-state index is 0.194. The van der Waals surface area contributed by atoms with Crippen molar-refractivity contribution in [2.75, 3.05) is 0 Å². The number of hydrogen-bond acceptors (Lipinski definition) is 2. The lowest BCUT2D eigenvalue weighted by Crippen LogP contribution is -2.46. The van der Waals surface area contributed by atoms with E-state index in [1.165, 1.54) is 19.3 Å². The first-order chi connectivity index (χ1) is 6.50. The van der Waals surface area contributed by atoms with Crippen molar-refractivity contribution in [3.05, 3.63) is 0 Å². The molecule has 0 aliphatic heterocycles. The average molecular weight is 198 g/mol. The molecule has 0 bridgehead atoms. The van der Waals surface area contributed by atoms with E-state index in [1.807, 2.05) is 6.92 Å². The van der Waals surface area contributed by atoms with Gasteiger partial charge < -0.3 is 11.1 Å². The molecule has 4 unspecified atom stereocenters. The fourth-order valence-electron chi connectivity index (χ4n) is 2.13. The summed E-state index contributed by atoms with van der Waals surface area (Å²) in [7, 11) is 0. The molecule has 0 spiro atoms. The third-order valence-corrected chi connectivity index (χ3v) is 3.51. The Labute approximate surface area is 86.4 Å². The maximum atomic E-state index is 10.9. The second kappa shape index (κ2) is 4.78. The number of hydrogen-bond donors (Lipinski definition) is 2. The maximum Gasteiger partial charge on any atom is 0.234 e. The number of primary amides is 1. The van der Waals surface area contributed by atoms with Crippen LogP contribution in [0.2, 0.25) is 0 Å². The van der Waals surface area contributed by atoms with Crippen LogP contribution in [-0.2, 0) is 4.79 Å². The maximum absolute atomic E-state index is 10.9. The zero-order valence-corrected chi connectivity index (χ0v) is 9.42. The third kappa shape index (κ3) is 2.98. The molecular weight excluding hydrogens is 176 g/mol. The van der Waals surface area contributed by atoms with Crippen LogP contribution in [0.4, 0.5) is 0 Å². The number of amides is 1. The van der Waals surface area contributed by atoms with Crippen LogP contribution in [0.1, 0.15) is 40.0 Å². The van der Waals surface area contributed by atoms with Gasteiger partial charge in [-0.15, -0.1) is 0 Å². The Bertz CT molecular complexity index is 205. The average Bonchev–Trinajstić information content (AvgIpc) is 2.11. The van der Waals surface area contributed by atoms with Gasteiger partial charge in [-0.2, -0.15) is 0 Å². The van der Waals surface area contributed by atoms with Crippen molar-refractivity contribution >= 4 is 5.91 Å². The van der Waals surface area contributed by atoms with Gasteiger partial charge in [0.25, 0.3) is 0 Å². The van der Waals surface area contributed by atoms with E-state index in [1.54, 1.807) is 0 Å². The van der Waals surface area contributed by atoms with E-state index in [0.717, 1.165) is 11.8 Å². The van der Waals surface area contributed by atoms with Crippen molar-refractivity contribution in [3.63, 3.8) is 0 Å². The predicted molar refractivity (Wildman–Crippen MR) is 57.8 cm³/mol. The minimum Gasteiger partial charge on any atom is -0.368 e. The van der Waals surface area contributed by atoms with E-state index in [-0.39, 0.29) is 11.9 Å². The van der Waals surface area contributed by atoms with Gasteiger partial charge in [0.05, 0.1) is 6.04 Å². The number of nitrogens with one attached hydrogen (secondary N) is 1. The van der Waals surface area contributed by atoms with Gasteiger partial charge in [0.15, 0.2) is 0 Å².